The number of carbonyl (C=O) groups excluding carboxylic acids is 1. The topological polar surface area (TPSA) is 59.0 Å². The van der Waals surface area contributed by atoms with E-state index in [9.17, 15) is 4.79 Å². The molecule has 1 aliphatic rings. The van der Waals surface area contributed by atoms with Crippen LogP contribution < -0.4 is 10.6 Å². The fourth-order valence-corrected chi connectivity index (χ4v) is 2.26. The van der Waals surface area contributed by atoms with Crippen LogP contribution in [0.4, 0.5) is 5.82 Å². The highest BCUT2D eigenvalue weighted by Gasteiger charge is 2.23. The standard InChI is InChI=1S/C12H20N4O/c1-9-4-3-6-13-10(9)8-12(17)14-11-5-7-16(2)15-11/h5,7,9-10,13H,3-4,6,8H2,1-2H3,(H,14,15,17). The van der Waals surface area contributed by atoms with Crippen molar-refractivity contribution in [2.75, 3.05) is 11.9 Å². The molecule has 1 aliphatic heterocycles. The first-order valence-electron chi connectivity index (χ1n) is 6.18. The van der Waals surface area contributed by atoms with Gasteiger partial charge in [-0.2, -0.15) is 5.10 Å². The van der Waals surface area contributed by atoms with Crippen LogP contribution in [0.25, 0.3) is 0 Å². The van der Waals surface area contributed by atoms with Crippen molar-refractivity contribution in [3.05, 3.63) is 12.3 Å². The number of hydrogen-bond acceptors (Lipinski definition) is 3. The largest absolute Gasteiger partial charge is 0.313 e. The molecule has 1 saturated heterocycles. The molecule has 17 heavy (non-hydrogen) atoms. The predicted octanol–water partition coefficient (Wildman–Crippen LogP) is 1.14. The van der Waals surface area contributed by atoms with Crippen molar-refractivity contribution in [1.82, 2.24) is 15.1 Å². The predicted molar refractivity (Wildman–Crippen MR) is 66.6 cm³/mol. The Hall–Kier alpha value is -1.36. The van der Waals surface area contributed by atoms with E-state index in [1.165, 1.54) is 12.8 Å². The Bertz CT molecular complexity index is 388. The SMILES string of the molecule is CC1CCCNC1CC(=O)Nc1ccn(C)n1. The molecule has 0 bridgehead atoms. The molecule has 1 aromatic heterocycles. The Labute approximate surface area is 102 Å². The fraction of sp³-hybridized carbons (Fsp3) is 0.667. The molecule has 2 atom stereocenters. The number of anilines is 1. The Kier molecular flexibility index (Phi) is 3.78. The maximum absolute atomic E-state index is 11.8. The van der Waals surface area contributed by atoms with Crippen molar-refractivity contribution >= 4 is 11.7 Å². The van der Waals surface area contributed by atoms with Crippen LogP contribution in [0, 0.1) is 5.92 Å². The number of aromatic nitrogens is 2. The van der Waals surface area contributed by atoms with Crippen LogP contribution in [0.2, 0.25) is 0 Å². The van der Waals surface area contributed by atoms with Crippen molar-refractivity contribution in [3.63, 3.8) is 0 Å². The molecule has 2 N–H and O–H groups in total. The van der Waals surface area contributed by atoms with Crippen LogP contribution in [0.15, 0.2) is 12.3 Å². The van der Waals surface area contributed by atoms with Crippen molar-refractivity contribution in [2.24, 2.45) is 13.0 Å². The van der Waals surface area contributed by atoms with Gasteiger partial charge >= 0.3 is 0 Å². The summed E-state index contributed by atoms with van der Waals surface area (Å²) in [6.45, 7) is 3.22. The highest BCUT2D eigenvalue weighted by molar-refractivity contribution is 5.90. The van der Waals surface area contributed by atoms with Gasteiger partial charge in [-0.3, -0.25) is 9.48 Å². The number of hydrogen-bond donors (Lipinski definition) is 2. The van der Waals surface area contributed by atoms with E-state index in [1.807, 2.05) is 13.2 Å². The van der Waals surface area contributed by atoms with Gasteiger partial charge in [0.25, 0.3) is 0 Å². The summed E-state index contributed by atoms with van der Waals surface area (Å²) in [6, 6.07) is 2.10. The smallest absolute Gasteiger partial charge is 0.227 e. The van der Waals surface area contributed by atoms with Gasteiger partial charge in [-0.15, -0.1) is 0 Å². The monoisotopic (exact) mass is 236 g/mol. The molecular formula is C12H20N4O. The van der Waals surface area contributed by atoms with Crippen LogP contribution in [0.3, 0.4) is 0 Å². The van der Waals surface area contributed by atoms with Gasteiger partial charge in [0.05, 0.1) is 0 Å². The van der Waals surface area contributed by atoms with Crippen LogP contribution in [-0.2, 0) is 11.8 Å². The maximum atomic E-state index is 11.8. The van der Waals surface area contributed by atoms with E-state index in [0.717, 1.165) is 6.54 Å². The minimum Gasteiger partial charge on any atom is -0.313 e. The van der Waals surface area contributed by atoms with E-state index in [0.29, 0.717) is 24.2 Å². The van der Waals surface area contributed by atoms with Gasteiger partial charge in [-0.25, -0.2) is 0 Å². The van der Waals surface area contributed by atoms with E-state index >= 15 is 0 Å². The minimum absolute atomic E-state index is 0.0370. The lowest BCUT2D eigenvalue weighted by Gasteiger charge is -2.29. The number of carbonyl (C=O) groups is 1. The Morgan fingerprint density at radius 3 is 3.18 bits per heavy atom. The number of piperidine rings is 1. The number of nitrogens with zero attached hydrogens (tertiary/aromatic N) is 2. The lowest BCUT2D eigenvalue weighted by atomic mass is 9.90. The highest BCUT2D eigenvalue weighted by atomic mass is 16.1. The van der Waals surface area contributed by atoms with E-state index in [2.05, 4.69) is 22.7 Å². The maximum Gasteiger partial charge on any atom is 0.227 e. The molecule has 94 valence electrons. The van der Waals surface area contributed by atoms with Crippen molar-refractivity contribution in [2.45, 2.75) is 32.2 Å². The lowest BCUT2D eigenvalue weighted by molar-refractivity contribution is -0.117. The number of rotatable bonds is 3. The molecule has 2 heterocycles. The Balaban J connectivity index is 1.84. The molecule has 0 saturated carbocycles. The second-order valence-corrected chi connectivity index (χ2v) is 4.81. The van der Waals surface area contributed by atoms with E-state index in [-0.39, 0.29) is 5.91 Å². The van der Waals surface area contributed by atoms with Gasteiger partial charge in [0.15, 0.2) is 5.82 Å². The molecule has 2 unspecified atom stereocenters. The molecule has 1 aromatic rings. The first-order chi connectivity index (χ1) is 8.15. The lowest BCUT2D eigenvalue weighted by Crippen LogP contribution is -2.42. The zero-order chi connectivity index (χ0) is 12.3. The van der Waals surface area contributed by atoms with Gasteiger partial charge in [0.2, 0.25) is 5.91 Å². The number of aryl methyl sites for hydroxylation is 1. The third-order valence-electron chi connectivity index (χ3n) is 3.32. The third-order valence-corrected chi connectivity index (χ3v) is 3.32. The Morgan fingerprint density at radius 2 is 2.53 bits per heavy atom. The zero-order valence-corrected chi connectivity index (χ0v) is 10.4. The molecule has 2 rings (SSSR count). The second kappa shape index (κ2) is 5.31. The molecule has 1 fully saturated rings. The van der Waals surface area contributed by atoms with Crippen LogP contribution in [-0.4, -0.2) is 28.3 Å². The molecule has 1 amide bonds. The zero-order valence-electron chi connectivity index (χ0n) is 10.4. The summed E-state index contributed by atoms with van der Waals surface area (Å²) >= 11 is 0. The van der Waals surface area contributed by atoms with Crippen LogP contribution in [0.5, 0.6) is 0 Å². The molecule has 5 heteroatoms. The second-order valence-electron chi connectivity index (χ2n) is 4.81. The summed E-state index contributed by atoms with van der Waals surface area (Å²) in [5.41, 5.74) is 0. The van der Waals surface area contributed by atoms with Gasteiger partial charge < -0.3 is 10.6 Å². The van der Waals surface area contributed by atoms with E-state index in [1.54, 1.807) is 10.7 Å². The van der Waals surface area contributed by atoms with Gasteiger partial charge in [0, 0.05) is 31.8 Å². The highest BCUT2D eigenvalue weighted by Crippen LogP contribution is 2.18. The summed E-state index contributed by atoms with van der Waals surface area (Å²) in [5.74, 6) is 1.23. The van der Waals surface area contributed by atoms with Gasteiger partial charge in [-0.1, -0.05) is 6.92 Å². The van der Waals surface area contributed by atoms with Crippen molar-refractivity contribution in [1.29, 1.82) is 0 Å². The average molecular weight is 236 g/mol. The molecule has 0 aromatic carbocycles. The van der Waals surface area contributed by atoms with Crippen LogP contribution in [0.1, 0.15) is 26.2 Å². The molecule has 5 nitrogen and oxygen atoms in total. The quantitative estimate of drug-likeness (QED) is 0.827. The third kappa shape index (κ3) is 3.30. The summed E-state index contributed by atoms with van der Waals surface area (Å²) in [5, 5.41) is 10.4. The van der Waals surface area contributed by atoms with Crippen molar-refractivity contribution in [3.8, 4) is 0 Å². The van der Waals surface area contributed by atoms with Crippen LogP contribution >= 0.6 is 0 Å². The first kappa shape index (κ1) is 12.1. The summed E-state index contributed by atoms with van der Waals surface area (Å²) < 4.78 is 1.68. The molecule has 0 spiro atoms. The van der Waals surface area contributed by atoms with E-state index < -0.39 is 0 Å². The fourth-order valence-electron chi connectivity index (χ4n) is 2.26. The van der Waals surface area contributed by atoms with Gasteiger partial charge in [-0.05, 0) is 25.3 Å². The first-order valence-corrected chi connectivity index (χ1v) is 6.18. The van der Waals surface area contributed by atoms with E-state index in [4.69, 9.17) is 0 Å². The molecule has 0 aliphatic carbocycles. The van der Waals surface area contributed by atoms with Gasteiger partial charge in [0.1, 0.15) is 0 Å². The summed E-state index contributed by atoms with van der Waals surface area (Å²) in [7, 11) is 1.83. The molecular weight excluding hydrogens is 216 g/mol. The number of amides is 1. The minimum atomic E-state index is 0.0370. The Morgan fingerprint density at radius 1 is 1.71 bits per heavy atom. The normalized spacial score (nSPS) is 24.6. The average Bonchev–Trinajstić information content (AvgIpc) is 2.67. The number of nitrogens with one attached hydrogen (secondary N) is 2. The summed E-state index contributed by atoms with van der Waals surface area (Å²) in [4.78, 5) is 11.8. The van der Waals surface area contributed by atoms with Crippen molar-refractivity contribution < 1.29 is 4.79 Å². The summed E-state index contributed by atoms with van der Waals surface area (Å²) in [6.07, 6.45) is 4.75. The molecule has 0 radical (unpaired) electrons.